The van der Waals surface area contributed by atoms with E-state index in [0.29, 0.717) is 22.3 Å². The van der Waals surface area contributed by atoms with Crippen molar-refractivity contribution >= 4 is 40.6 Å². The first-order valence-corrected chi connectivity index (χ1v) is 10.5. The number of ketones is 3. The van der Waals surface area contributed by atoms with Gasteiger partial charge in [0, 0.05) is 28.5 Å². The monoisotopic (exact) mass is 432 g/mol. The lowest BCUT2D eigenvalue weighted by Gasteiger charge is -2.40. The largest absolute Gasteiger partial charge is 0.289 e. The lowest BCUT2D eigenvalue weighted by molar-refractivity contribution is -0.116. The molecule has 0 bridgehead atoms. The van der Waals surface area contributed by atoms with Crippen LogP contribution in [0.1, 0.15) is 63.4 Å². The SMILES string of the molecule is CC(C)(C)C1=CC(C2c3ccccc3C(=O)C(=O)C2(Cl)Cl)C=C(C(C)(C)C)C1=O. The third kappa shape index (κ3) is 3.64. The van der Waals surface area contributed by atoms with Crippen molar-refractivity contribution in [3.05, 3.63) is 58.7 Å². The molecule has 0 fully saturated rings. The van der Waals surface area contributed by atoms with Crippen molar-refractivity contribution in [1.29, 1.82) is 0 Å². The maximum atomic E-state index is 13.2. The van der Waals surface area contributed by atoms with Crippen LogP contribution in [0.25, 0.3) is 0 Å². The van der Waals surface area contributed by atoms with E-state index in [9.17, 15) is 14.4 Å². The van der Waals surface area contributed by atoms with Gasteiger partial charge < -0.3 is 0 Å². The first-order valence-electron chi connectivity index (χ1n) is 9.72. The maximum absolute atomic E-state index is 13.2. The molecular weight excluding hydrogens is 407 g/mol. The molecule has 0 N–H and O–H groups in total. The van der Waals surface area contributed by atoms with Crippen LogP contribution < -0.4 is 0 Å². The molecule has 0 saturated carbocycles. The fraction of sp³-hybridized carbons (Fsp3) is 0.458. The Hall–Kier alpha value is -1.71. The Bertz CT molecular complexity index is 935. The van der Waals surface area contributed by atoms with E-state index < -0.39 is 38.6 Å². The van der Waals surface area contributed by atoms with Crippen molar-refractivity contribution in [3.8, 4) is 0 Å². The summed E-state index contributed by atoms with van der Waals surface area (Å²) in [4.78, 5) is 38.6. The Kier molecular flexibility index (Phi) is 5.25. The van der Waals surface area contributed by atoms with Gasteiger partial charge in [-0.1, -0.05) is 101 Å². The normalized spacial score (nSPS) is 22.9. The average Bonchev–Trinajstić information content (AvgIpc) is 2.59. The number of hydrogen-bond donors (Lipinski definition) is 0. The van der Waals surface area contributed by atoms with E-state index in [4.69, 9.17) is 23.2 Å². The summed E-state index contributed by atoms with van der Waals surface area (Å²) in [6, 6.07) is 6.93. The second kappa shape index (κ2) is 6.92. The lowest BCUT2D eigenvalue weighted by Crippen LogP contribution is -2.46. The molecule has 0 amide bonds. The van der Waals surface area contributed by atoms with Crippen molar-refractivity contribution in [2.45, 2.75) is 51.8 Å². The van der Waals surface area contributed by atoms with Crippen LogP contribution >= 0.6 is 23.2 Å². The molecule has 3 nitrogen and oxygen atoms in total. The van der Waals surface area contributed by atoms with Crippen LogP contribution in [0.4, 0.5) is 0 Å². The van der Waals surface area contributed by atoms with Crippen LogP contribution in [0.3, 0.4) is 0 Å². The number of benzene rings is 1. The Labute approximate surface area is 182 Å². The number of carbonyl (C=O) groups excluding carboxylic acids is 3. The lowest BCUT2D eigenvalue weighted by atomic mass is 9.66. The summed E-state index contributed by atoms with van der Waals surface area (Å²) in [6.45, 7) is 11.9. The standard InChI is InChI=1S/C24H26Cl2O3/c1-22(2,3)16-11-13(12-17(20(16)28)23(4,5)6)18-14-9-7-8-10-15(14)19(27)21(29)24(18,25)26/h7-13,18H,1-6H3. The zero-order chi connectivity index (χ0) is 21.9. The second-order valence-corrected chi connectivity index (χ2v) is 11.3. The van der Waals surface area contributed by atoms with Gasteiger partial charge in [0.05, 0.1) is 0 Å². The van der Waals surface area contributed by atoms with Crippen LogP contribution in [-0.2, 0) is 9.59 Å². The molecule has 1 atom stereocenters. The molecule has 0 aromatic heterocycles. The number of Topliss-reactive ketones (excluding diaryl/α,β-unsaturated/α-hetero) is 3. The van der Waals surface area contributed by atoms with Crippen molar-refractivity contribution < 1.29 is 14.4 Å². The van der Waals surface area contributed by atoms with E-state index in [-0.39, 0.29) is 5.78 Å². The molecule has 154 valence electrons. The molecule has 2 aliphatic rings. The Morgan fingerprint density at radius 2 is 1.28 bits per heavy atom. The highest BCUT2D eigenvalue weighted by molar-refractivity contribution is 6.70. The van der Waals surface area contributed by atoms with Gasteiger partial charge in [-0.25, -0.2) is 0 Å². The Balaban J connectivity index is 2.29. The molecule has 2 aliphatic carbocycles. The van der Waals surface area contributed by atoms with Crippen molar-refractivity contribution in [1.82, 2.24) is 0 Å². The molecule has 5 heteroatoms. The van der Waals surface area contributed by atoms with E-state index in [2.05, 4.69) is 0 Å². The van der Waals surface area contributed by atoms with E-state index >= 15 is 0 Å². The third-order valence-corrected chi connectivity index (χ3v) is 6.46. The van der Waals surface area contributed by atoms with Gasteiger partial charge in [0.25, 0.3) is 0 Å². The van der Waals surface area contributed by atoms with E-state index in [1.807, 2.05) is 53.7 Å². The number of fused-ring (bicyclic) bond motifs is 1. The first-order chi connectivity index (χ1) is 13.2. The highest BCUT2D eigenvalue weighted by Gasteiger charge is 2.54. The van der Waals surface area contributed by atoms with Crippen LogP contribution in [0.2, 0.25) is 0 Å². The zero-order valence-corrected chi connectivity index (χ0v) is 19.1. The van der Waals surface area contributed by atoms with Gasteiger partial charge in [0.2, 0.25) is 11.6 Å². The minimum absolute atomic E-state index is 0.00231. The predicted molar refractivity (Wildman–Crippen MR) is 117 cm³/mol. The van der Waals surface area contributed by atoms with Crippen LogP contribution in [0.5, 0.6) is 0 Å². The molecule has 29 heavy (non-hydrogen) atoms. The Morgan fingerprint density at radius 3 is 1.76 bits per heavy atom. The smallest absolute Gasteiger partial charge is 0.239 e. The molecule has 0 heterocycles. The number of rotatable bonds is 1. The minimum Gasteiger partial charge on any atom is -0.289 e. The molecule has 1 unspecified atom stereocenters. The van der Waals surface area contributed by atoms with Gasteiger partial charge in [0.1, 0.15) is 0 Å². The molecule has 0 radical (unpaired) electrons. The van der Waals surface area contributed by atoms with Gasteiger partial charge >= 0.3 is 0 Å². The molecule has 3 rings (SSSR count). The third-order valence-electron chi connectivity index (χ3n) is 5.65. The summed E-state index contributed by atoms with van der Waals surface area (Å²) in [5, 5.41) is 0. The summed E-state index contributed by atoms with van der Waals surface area (Å²) in [7, 11) is 0. The summed E-state index contributed by atoms with van der Waals surface area (Å²) in [5.41, 5.74) is 1.51. The highest BCUT2D eigenvalue weighted by Crippen LogP contribution is 2.52. The number of halogens is 2. The van der Waals surface area contributed by atoms with Crippen molar-refractivity contribution in [3.63, 3.8) is 0 Å². The second-order valence-electron chi connectivity index (χ2n) is 9.91. The number of hydrogen-bond acceptors (Lipinski definition) is 3. The minimum atomic E-state index is -1.91. The zero-order valence-electron chi connectivity index (χ0n) is 17.6. The van der Waals surface area contributed by atoms with E-state index in [0.717, 1.165) is 0 Å². The van der Waals surface area contributed by atoms with E-state index in [1.54, 1.807) is 24.3 Å². The fourth-order valence-electron chi connectivity index (χ4n) is 4.14. The molecule has 1 aromatic carbocycles. The molecule has 0 saturated heterocycles. The summed E-state index contributed by atoms with van der Waals surface area (Å²) >= 11 is 13.1. The molecular formula is C24H26Cl2O3. The summed E-state index contributed by atoms with van der Waals surface area (Å²) < 4.78 is -1.91. The highest BCUT2D eigenvalue weighted by atomic mass is 35.5. The average molecular weight is 433 g/mol. The van der Waals surface area contributed by atoms with Crippen LogP contribution in [-0.4, -0.2) is 21.7 Å². The van der Waals surface area contributed by atoms with Gasteiger partial charge in [-0.2, -0.15) is 0 Å². The first kappa shape index (κ1) is 22.0. The van der Waals surface area contributed by atoms with Gasteiger partial charge in [-0.15, -0.1) is 0 Å². The Morgan fingerprint density at radius 1 is 0.793 bits per heavy atom. The number of allylic oxidation sites excluding steroid dienone is 4. The van der Waals surface area contributed by atoms with Crippen LogP contribution in [0, 0.1) is 16.7 Å². The topological polar surface area (TPSA) is 51.2 Å². The van der Waals surface area contributed by atoms with Gasteiger partial charge in [0.15, 0.2) is 10.1 Å². The van der Waals surface area contributed by atoms with Crippen molar-refractivity contribution in [2.24, 2.45) is 16.7 Å². The van der Waals surface area contributed by atoms with Crippen molar-refractivity contribution in [2.75, 3.05) is 0 Å². The number of carbonyl (C=O) groups is 3. The summed E-state index contributed by atoms with van der Waals surface area (Å²) in [6.07, 6.45) is 3.75. The molecule has 0 aliphatic heterocycles. The van der Waals surface area contributed by atoms with Gasteiger partial charge in [-0.3, -0.25) is 14.4 Å². The van der Waals surface area contributed by atoms with Crippen LogP contribution in [0.15, 0.2) is 47.6 Å². The molecule has 1 aromatic rings. The van der Waals surface area contributed by atoms with E-state index in [1.165, 1.54) is 0 Å². The maximum Gasteiger partial charge on any atom is 0.239 e. The number of alkyl halides is 2. The van der Waals surface area contributed by atoms with Gasteiger partial charge in [-0.05, 0) is 16.4 Å². The summed E-state index contributed by atoms with van der Waals surface area (Å²) in [5.74, 6) is -2.56. The quantitative estimate of drug-likeness (QED) is 0.412. The predicted octanol–water partition coefficient (Wildman–Crippen LogP) is 5.85. The fourth-order valence-corrected chi connectivity index (χ4v) is 4.84. The molecule has 0 spiro atoms.